The van der Waals surface area contributed by atoms with Gasteiger partial charge in [0.25, 0.3) is 0 Å². The molecule has 1 aromatic rings. The first-order chi connectivity index (χ1) is 19.9. The van der Waals surface area contributed by atoms with Crippen LogP contribution in [-0.2, 0) is 30.3 Å². The molecule has 3 heterocycles. The molecule has 1 unspecified atom stereocenters. The highest BCUT2D eigenvalue weighted by molar-refractivity contribution is 5.83. The van der Waals surface area contributed by atoms with Gasteiger partial charge in [-0.05, 0) is 64.7 Å². The second-order valence-electron chi connectivity index (χ2n) is 11.5. The average Bonchev–Trinajstić information content (AvgIpc) is 3.32. The van der Waals surface area contributed by atoms with Crippen LogP contribution in [0.2, 0.25) is 0 Å². The second-order valence-corrected chi connectivity index (χ2v) is 11.5. The first kappa shape index (κ1) is 31.3. The molecule has 3 aliphatic rings. The quantitative estimate of drug-likeness (QED) is 0.190. The van der Waals surface area contributed by atoms with Crippen LogP contribution >= 0.6 is 0 Å². The Morgan fingerprint density at radius 3 is 2.22 bits per heavy atom. The minimum Gasteiger partial charge on any atom is -0.466 e. The highest BCUT2D eigenvalue weighted by atomic mass is 16.6. The molecule has 0 bridgehead atoms. The van der Waals surface area contributed by atoms with Crippen molar-refractivity contribution in [3.8, 4) is 0 Å². The topological polar surface area (TPSA) is 91.9 Å². The molecule has 1 atom stereocenters. The lowest BCUT2D eigenvalue weighted by Gasteiger charge is -2.39. The Balaban J connectivity index is 1.12. The highest BCUT2D eigenvalue weighted by Gasteiger charge is 2.45. The van der Waals surface area contributed by atoms with Gasteiger partial charge >= 0.3 is 18.0 Å². The Morgan fingerprint density at radius 1 is 0.878 bits per heavy atom. The van der Waals surface area contributed by atoms with E-state index in [9.17, 15) is 14.4 Å². The van der Waals surface area contributed by atoms with Gasteiger partial charge in [0, 0.05) is 45.8 Å². The van der Waals surface area contributed by atoms with E-state index < -0.39 is 5.41 Å². The molecule has 0 radical (unpaired) electrons. The molecule has 41 heavy (non-hydrogen) atoms. The smallest absolute Gasteiger partial charge is 0.410 e. The summed E-state index contributed by atoms with van der Waals surface area (Å²) in [5.74, 6) is -0.681. The fourth-order valence-electron chi connectivity index (χ4n) is 6.18. The van der Waals surface area contributed by atoms with E-state index in [0.29, 0.717) is 45.6 Å². The summed E-state index contributed by atoms with van der Waals surface area (Å²) in [6.45, 7) is 13.8. The van der Waals surface area contributed by atoms with Gasteiger partial charge in [-0.2, -0.15) is 0 Å². The molecular formula is C31H48N4O6. The normalized spacial score (nSPS) is 22.0. The van der Waals surface area contributed by atoms with Crippen molar-refractivity contribution in [1.82, 2.24) is 19.6 Å². The number of piperidine rings is 1. The maximum Gasteiger partial charge on any atom is 0.410 e. The van der Waals surface area contributed by atoms with Crippen molar-refractivity contribution in [2.45, 2.75) is 58.6 Å². The van der Waals surface area contributed by atoms with Gasteiger partial charge < -0.3 is 24.0 Å². The molecule has 10 heteroatoms. The third-order valence-electron chi connectivity index (χ3n) is 8.59. The molecule has 228 valence electrons. The standard InChI is InChI=1S/C31H48N4O6/c1-3-39-28(36)22-31(29(37)40-4-2)12-16-33(17-13-31)24-27-25-35(30(38)41-27)15-9-8-14-32-18-20-34(21-19-32)23-26-10-6-5-7-11-26/h5-7,10-11,27H,3-4,8-9,12-25H2,1-2H3. The number of carbonyl (C=O) groups is 3. The van der Waals surface area contributed by atoms with Crippen molar-refractivity contribution >= 4 is 18.0 Å². The van der Waals surface area contributed by atoms with Crippen molar-refractivity contribution < 1.29 is 28.6 Å². The summed E-state index contributed by atoms with van der Waals surface area (Å²) in [5, 5.41) is 0. The molecular weight excluding hydrogens is 524 g/mol. The maximum atomic E-state index is 12.8. The lowest BCUT2D eigenvalue weighted by Crippen LogP contribution is -2.48. The molecule has 3 aliphatic heterocycles. The first-order valence-corrected chi connectivity index (χ1v) is 15.4. The zero-order chi connectivity index (χ0) is 29.1. The third kappa shape index (κ3) is 9.15. The molecule has 10 nitrogen and oxygen atoms in total. The summed E-state index contributed by atoms with van der Waals surface area (Å²) in [4.78, 5) is 46.6. The van der Waals surface area contributed by atoms with Crippen LogP contribution in [0, 0.1) is 5.41 Å². The average molecular weight is 573 g/mol. The lowest BCUT2D eigenvalue weighted by molar-refractivity contribution is -0.165. The van der Waals surface area contributed by atoms with E-state index in [4.69, 9.17) is 14.2 Å². The van der Waals surface area contributed by atoms with Crippen LogP contribution in [0.15, 0.2) is 30.3 Å². The van der Waals surface area contributed by atoms with Crippen LogP contribution in [0.4, 0.5) is 4.79 Å². The third-order valence-corrected chi connectivity index (χ3v) is 8.59. The number of ether oxygens (including phenoxy) is 3. The van der Waals surface area contributed by atoms with Gasteiger partial charge in [0.2, 0.25) is 0 Å². The van der Waals surface area contributed by atoms with E-state index in [1.54, 1.807) is 13.8 Å². The number of esters is 2. The number of rotatable bonds is 14. The lowest BCUT2D eigenvalue weighted by atomic mass is 9.75. The predicted molar refractivity (Wildman–Crippen MR) is 155 cm³/mol. The minimum absolute atomic E-state index is 0.0447. The number of benzene rings is 1. The molecule has 0 N–H and O–H groups in total. The Morgan fingerprint density at radius 2 is 1.54 bits per heavy atom. The molecule has 3 fully saturated rings. The molecule has 1 amide bonds. The SMILES string of the molecule is CCOC(=O)CC1(C(=O)OCC)CCN(CC2CN(CCCCN3CCN(Cc4ccccc4)CC3)C(=O)O2)CC1. The summed E-state index contributed by atoms with van der Waals surface area (Å²) >= 11 is 0. The molecule has 3 saturated heterocycles. The number of nitrogens with zero attached hydrogens (tertiary/aromatic N) is 4. The van der Waals surface area contributed by atoms with Crippen molar-refractivity contribution in [1.29, 1.82) is 0 Å². The van der Waals surface area contributed by atoms with Gasteiger partial charge in [0.1, 0.15) is 6.10 Å². The predicted octanol–water partition coefficient (Wildman–Crippen LogP) is 3.00. The van der Waals surface area contributed by atoms with Gasteiger partial charge in [-0.25, -0.2) is 4.79 Å². The molecule has 4 rings (SSSR count). The Kier molecular flexibility index (Phi) is 11.8. The molecule has 0 aromatic heterocycles. The number of unbranched alkanes of at least 4 members (excludes halogenated alkanes) is 1. The van der Waals surface area contributed by atoms with Gasteiger partial charge in [-0.3, -0.25) is 19.4 Å². The summed E-state index contributed by atoms with van der Waals surface area (Å²) in [6.07, 6.45) is 2.71. The fraction of sp³-hybridized carbons (Fsp3) is 0.710. The monoisotopic (exact) mass is 572 g/mol. The molecule has 0 saturated carbocycles. The zero-order valence-electron chi connectivity index (χ0n) is 24.9. The second kappa shape index (κ2) is 15.5. The van der Waals surface area contributed by atoms with E-state index >= 15 is 0 Å². The van der Waals surface area contributed by atoms with E-state index in [0.717, 1.165) is 58.7 Å². The summed E-state index contributed by atoms with van der Waals surface area (Å²) in [6, 6.07) is 10.7. The Bertz CT molecular complexity index is 976. The number of hydrogen-bond donors (Lipinski definition) is 0. The van der Waals surface area contributed by atoms with Crippen LogP contribution in [0.3, 0.4) is 0 Å². The maximum absolute atomic E-state index is 12.8. The van der Waals surface area contributed by atoms with Crippen LogP contribution in [0.5, 0.6) is 0 Å². The number of amides is 1. The van der Waals surface area contributed by atoms with Gasteiger partial charge in [0.05, 0.1) is 31.6 Å². The number of hydrogen-bond acceptors (Lipinski definition) is 9. The zero-order valence-corrected chi connectivity index (χ0v) is 24.9. The van der Waals surface area contributed by atoms with Crippen LogP contribution in [-0.4, -0.2) is 122 Å². The molecule has 0 spiro atoms. The van der Waals surface area contributed by atoms with Crippen LogP contribution < -0.4 is 0 Å². The van der Waals surface area contributed by atoms with E-state index in [-0.39, 0.29) is 37.2 Å². The molecule has 0 aliphatic carbocycles. The van der Waals surface area contributed by atoms with Crippen molar-refractivity contribution in [3.63, 3.8) is 0 Å². The van der Waals surface area contributed by atoms with Crippen molar-refractivity contribution in [2.75, 3.05) is 78.7 Å². The van der Waals surface area contributed by atoms with E-state index in [2.05, 4.69) is 45.0 Å². The number of likely N-dealkylation sites (tertiary alicyclic amines) is 1. The van der Waals surface area contributed by atoms with Gasteiger partial charge in [0.15, 0.2) is 0 Å². The first-order valence-electron chi connectivity index (χ1n) is 15.4. The summed E-state index contributed by atoms with van der Waals surface area (Å²) in [7, 11) is 0. The number of cyclic esters (lactones) is 1. The summed E-state index contributed by atoms with van der Waals surface area (Å²) < 4.78 is 16.1. The highest BCUT2D eigenvalue weighted by Crippen LogP contribution is 2.37. The Labute approximate surface area is 244 Å². The Hall–Kier alpha value is -2.69. The van der Waals surface area contributed by atoms with Crippen molar-refractivity contribution in [2.24, 2.45) is 5.41 Å². The van der Waals surface area contributed by atoms with Crippen LogP contribution in [0.25, 0.3) is 0 Å². The van der Waals surface area contributed by atoms with Gasteiger partial charge in [-0.1, -0.05) is 30.3 Å². The number of carbonyl (C=O) groups excluding carboxylic acids is 3. The minimum atomic E-state index is -0.842. The van der Waals surface area contributed by atoms with E-state index in [1.165, 1.54) is 5.56 Å². The largest absolute Gasteiger partial charge is 0.466 e. The van der Waals surface area contributed by atoms with E-state index in [1.807, 2.05) is 4.90 Å². The number of piperazine rings is 1. The summed E-state index contributed by atoms with van der Waals surface area (Å²) in [5.41, 5.74) is 0.530. The van der Waals surface area contributed by atoms with Crippen LogP contribution in [0.1, 0.15) is 51.5 Å². The van der Waals surface area contributed by atoms with Gasteiger partial charge in [-0.15, -0.1) is 0 Å². The van der Waals surface area contributed by atoms with Crippen molar-refractivity contribution in [3.05, 3.63) is 35.9 Å². The fourth-order valence-corrected chi connectivity index (χ4v) is 6.18. The molecule has 1 aromatic carbocycles.